The molecule has 0 aliphatic rings. The lowest BCUT2D eigenvalue weighted by atomic mass is 10.1. The van der Waals surface area contributed by atoms with Crippen molar-refractivity contribution in [3.05, 3.63) is 53.2 Å². The maximum Gasteiger partial charge on any atom is 0.251 e. The van der Waals surface area contributed by atoms with Gasteiger partial charge < -0.3 is 5.32 Å². The molecule has 0 unspecified atom stereocenters. The van der Waals surface area contributed by atoms with Gasteiger partial charge in [-0.3, -0.25) is 9.78 Å². The number of aromatic nitrogens is 1. The van der Waals surface area contributed by atoms with Crippen LogP contribution in [0.4, 0.5) is 0 Å². The van der Waals surface area contributed by atoms with Crippen molar-refractivity contribution < 1.29 is 4.79 Å². The van der Waals surface area contributed by atoms with Crippen molar-refractivity contribution in [2.75, 3.05) is 6.54 Å². The first kappa shape index (κ1) is 15.5. The molecule has 1 amide bonds. The summed E-state index contributed by atoms with van der Waals surface area (Å²) in [5.41, 5.74) is 2.29. The molecule has 21 heavy (non-hydrogen) atoms. The summed E-state index contributed by atoms with van der Waals surface area (Å²) in [5, 5.41) is 3.53. The van der Waals surface area contributed by atoms with E-state index in [1.807, 2.05) is 12.1 Å². The number of benzene rings is 1. The Kier molecular flexibility index (Phi) is 5.76. The highest BCUT2D eigenvalue weighted by Crippen LogP contribution is 2.25. The Bertz CT molecular complexity index is 596. The van der Waals surface area contributed by atoms with Crippen LogP contribution in [0, 0.1) is 0 Å². The first-order valence-corrected chi connectivity index (χ1v) is 7.59. The Balaban J connectivity index is 2.02. The van der Waals surface area contributed by atoms with Crippen molar-refractivity contribution >= 4 is 17.5 Å². The number of carbonyl (C=O) groups excluding carboxylic acids is 1. The van der Waals surface area contributed by atoms with Crippen LogP contribution < -0.4 is 5.32 Å². The van der Waals surface area contributed by atoms with Gasteiger partial charge in [-0.25, -0.2) is 0 Å². The summed E-state index contributed by atoms with van der Waals surface area (Å²) < 4.78 is 0. The van der Waals surface area contributed by atoms with Crippen molar-refractivity contribution in [1.29, 1.82) is 0 Å². The molecule has 1 aromatic heterocycles. The molecule has 3 nitrogen and oxygen atoms in total. The second-order valence-electron chi connectivity index (χ2n) is 4.87. The first-order valence-electron chi connectivity index (χ1n) is 7.21. The van der Waals surface area contributed by atoms with Gasteiger partial charge in [-0.1, -0.05) is 43.5 Å². The molecule has 0 radical (unpaired) electrons. The molecule has 0 bridgehead atoms. The minimum atomic E-state index is -0.0372. The van der Waals surface area contributed by atoms with Crippen LogP contribution in [0.3, 0.4) is 0 Å². The third-order valence-electron chi connectivity index (χ3n) is 3.24. The Labute approximate surface area is 130 Å². The summed E-state index contributed by atoms with van der Waals surface area (Å²) in [7, 11) is 0. The first-order chi connectivity index (χ1) is 10.2. The van der Waals surface area contributed by atoms with Gasteiger partial charge in [0, 0.05) is 23.9 Å². The second kappa shape index (κ2) is 7.79. The monoisotopic (exact) mass is 302 g/mol. The van der Waals surface area contributed by atoms with E-state index in [2.05, 4.69) is 17.2 Å². The van der Waals surface area contributed by atoms with Gasteiger partial charge in [-0.05, 0) is 30.7 Å². The van der Waals surface area contributed by atoms with Crippen LogP contribution in [0.1, 0.15) is 36.5 Å². The van der Waals surface area contributed by atoms with E-state index in [9.17, 15) is 4.79 Å². The lowest BCUT2D eigenvalue weighted by Gasteiger charge is -2.06. The fraction of sp³-hybridized carbons (Fsp3) is 0.294. The average Bonchev–Trinajstić information content (AvgIpc) is 2.52. The number of carbonyl (C=O) groups is 1. The molecule has 0 spiro atoms. The number of pyridine rings is 1. The predicted molar refractivity (Wildman–Crippen MR) is 86.5 cm³/mol. The van der Waals surface area contributed by atoms with E-state index < -0.39 is 0 Å². The molecule has 0 atom stereocenters. The average molecular weight is 303 g/mol. The molecule has 1 heterocycles. The van der Waals surface area contributed by atoms with Crippen molar-refractivity contribution in [2.24, 2.45) is 0 Å². The molecule has 2 aromatic rings. The van der Waals surface area contributed by atoms with Gasteiger partial charge in [0.15, 0.2) is 0 Å². The van der Waals surface area contributed by atoms with Gasteiger partial charge >= 0.3 is 0 Å². The highest BCUT2D eigenvalue weighted by molar-refractivity contribution is 6.33. The normalized spacial score (nSPS) is 10.4. The lowest BCUT2D eigenvalue weighted by Crippen LogP contribution is -2.24. The Morgan fingerprint density at radius 2 is 1.95 bits per heavy atom. The Morgan fingerprint density at radius 1 is 1.19 bits per heavy atom. The number of halogens is 1. The van der Waals surface area contributed by atoms with Gasteiger partial charge in [-0.15, -0.1) is 0 Å². The molecule has 1 N–H and O–H groups in total. The highest BCUT2D eigenvalue weighted by Gasteiger charge is 2.07. The van der Waals surface area contributed by atoms with E-state index in [1.165, 1.54) is 0 Å². The van der Waals surface area contributed by atoms with Gasteiger partial charge in [0.25, 0.3) is 5.91 Å². The maximum absolute atomic E-state index is 12.0. The summed E-state index contributed by atoms with van der Waals surface area (Å²) in [6.07, 6.45) is 5.01. The van der Waals surface area contributed by atoms with Gasteiger partial charge in [-0.2, -0.15) is 0 Å². The minimum absolute atomic E-state index is 0.0372. The van der Waals surface area contributed by atoms with Gasteiger partial charge in [0.05, 0.1) is 10.7 Å². The largest absolute Gasteiger partial charge is 0.352 e. The molecular formula is C17H19ClN2O. The van der Waals surface area contributed by atoms with E-state index in [4.69, 9.17) is 11.6 Å². The molecular weight excluding hydrogens is 284 g/mol. The van der Waals surface area contributed by atoms with Crippen molar-refractivity contribution in [3.8, 4) is 11.3 Å². The number of rotatable bonds is 6. The van der Waals surface area contributed by atoms with Crippen molar-refractivity contribution in [1.82, 2.24) is 10.3 Å². The van der Waals surface area contributed by atoms with Crippen LogP contribution in [0.2, 0.25) is 5.02 Å². The maximum atomic E-state index is 12.0. The lowest BCUT2D eigenvalue weighted by molar-refractivity contribution is 0.0953. The topological polar surface area (TPSA) is 42.0 Å². The summed E-state index contributed by atoms with van der Waals surface area (Å²) in [5.74, 6) is -0.0372. The third kappa shape index (κ3) is 4.30. The summed E-state index contributed by atoms with van der Waals surface area (Å²) in [4.78, 5) is 16.2. The zero-order chi connectivity index (χ0) is 15.1. The van der Waals surface area contributed by atoms with Crippen LogP contribution in [0.25, 0.3) is 11.3 Å². The quantitative estimate of drug-likeness (QED) is 0.807. The van der Waals surface area contributed by atoms with Crippen LogP contribution in [-0.4, -0.2) is 17.4 Å². The molecule has 110 valence electrons. The van der Waals surface area contributed by atoms with E-state index >= 15 is 0 Å². The van der Waals surface area contributed by atoms with E-state index in [-0.39, 0.29) is 5.91 Å². The minimum Gasteiger partial charge on any atom is -0.352 e. The fourth-order valence-electron chi connectivity index (χ4n) is 2.06. The number of unbranched alkanes of at least 4 members (excludes halogenated alkanes) is 2. The highest BCUT2D eigenvalue weighted by atomic mass is 35.5. The number of nitrogens with zero attached hydrogens (tertiary/aromatic N) is 1. The number of amides is 1. The second-order valence-corrected chi connectivity index (χ2v) is 5.28. The molecule has 1 aromatic carbocycles. The van der Waals surface area contributed by atoms with E-state index in [0.717, 1.165) is 37.1 Å². The van der Waals surface area contributed by atoms with Crippen LogP contribution in [0.5, 0.6) is 0 Å². The van der Waals surface area contributed by atoms with Crippen molar-refractivity contribution in [3.63, 3.8) is 0 Å². The molecule has 0 fully saturated rings. The third-order valence-corrected chi connectivity index (χ3v) is 3.55. The molecule has 0 aliphatic carbocycles. The van der Waals surface area contributed by atoms with Gasteiger partial charge in [0.1, 0.15) is 0 Å². The number of hydrogen-bond donors (Lipinski definition) is 1. The van der Waals surface area contributed by atoms with Crippen molar-refractivity contribution in [2.45, 2.75) is 26.2 Å². The SMILES string of the molecule is CCCCCNC(=O)c1ccc(-c2ncccc2Cl)cc1. The fourth-order valence-corrected chi connectivity index (χ4v) is 2.29. The standard InChI is InChI=1S/C17H19ClN2O/c1-2-3-4-11-20-17(21)14-9-7-13(8-10-14)16-15(18)6-5-12-19-16/h5-10,12H,2-4,11H2,1H3,(H,20,21). The Morgan fingerprint density at radius 3 is 2.62 bits per heavy atom. The van der Waals surface area contributed by atoms with E-state index in [0.29, 0.717) is 10.6 Å². The molecule has 2 rings (SSSR count). The zero-order valence-electron chi connectivity index (χ0n) is 12.1. The summed E-state index contributed by atoms with van der Waals surface area (Å²) >= 11 is 6.12. The van der Waals surface area contributed by atoms with Crippen LogP contribution in [-0.2, 0) is 0 Å². The molecule has 0 aliphatic heterocycles. The van der Waals surface area contributed by atoms with Crippen LogP contribution >= 0.6 is 11.6 Å². The summed E-state index contributed by atoms with van der Waals surface area (Å²) in [6, 6.07) is 10.9. The number of nitrogens with one attached hydrogen (secondary N) is 1. The Hall–Kier alpha value is -1.87. The summed E-state index contributed by atoms with van der Waals surface area (Å²) in [6.45, 7) is 2.86. The molecule has 0 saturated carbocycles. The smallest absolute Gasteiger partial charge is 0.251 e. The predicted octanol–water partition coefficient (Wildman–Crippen LogP) is 4.32. The van der Waals surface area contributed by atoms with Gasteiger partial charge in [0.2, 0.25) is 0 Å². The molecule has 0 saturated heterocycles. The molecule has 4 heteroatoms. The van der Waals surface area contributed by atoms with E-state index in [1.54, 1.807) is 30.5 Å². The zero-order valence-corrected chi connectivity index (χ0v) is 12.9. The number of hydrogen-bond acceptors (Lipinski definition) is 2. The van der Waals surface area contributed by atoms with Crippen LogP contribution in [0.15, 0.2) is 42.6 Å².